The molecule has 1 N–H and O–H groups in total. The minimum absolute atomic E-state index is 0.446. The van der Waals surface area contributed by atoms with E-state index in [2.05, 4.69) is 32.4 Å². The first-order chi connectivity index (χ1) is 9.61. The Labute approximate surface area is 127 Å². The number of aryl methyl sites for hydroxylation is 1. The van der Waals surface area contributed by atoms with Gasteiger partial charge in [-0.05, 0) is 31.5 Å². The molecule has 0 fully saturated rings. The van der Waals surface area contributed by atoms with E-state index >= 15 is 0 Å². The molecular weight excluding hydrogens is 320 g/mol. The highest BCUT2D eigenvalue weighted by molar-refractivity contribution is 9.10. The highest BCUT2D eigenvalue weighted by Gasteiger charge is 2.11. The Morgan fingerprint density at radius 1 is 1.45 bits per heavy atom. The summed E-state index contributed by atoms with van der Waals surface area (Å²) < 4.78 is 8.85. The smallest absolute Gasteiger partial charge is 0.130 e. The molecule has 4 nitrogen and oxygen atoms in total. The molecule has 1 unspecified atom stereocenters. The highest BCUT2D eigenvalue weighted by atomic mass is 79.9. The van der Waals surface area contributed by atoms with Crippen molar-refractivity contribution >= 4 is 15.9 Å². The number of benzene rings is 1. The zero-order valence-corrected chi connectivity index (χ0v) is 13.3. The third-order valence-electron chi connectivity index (χ3n) is 3.06. The van der Waals surface area contributed by atoms with Gasteiger partial charge < -0.3 is 14.4 Å². The van der Waals surface area contributed by atoms with Crippen LogP contribution in [-0.4, -0.2) is 14.7 Å². The van der Waals surface area contributed by atoms with Crippen molar-refractivity contribution in [2.24, 2.45) is 0 Å². The summed E-state index contributed by atoms with van der Waals surface area (Å²) in [5, 5.41) is 9.81. The first kappa shape index (κ1) is 15.1. The van der Waals surface area contributed by atoms with E-state index in [9.17, 15) is 5.11 Å². The van der Waals surface area contributed by atoms with Gasteiger partial charge in [0.05, 0.1) is 24.3 Å². The van der Waals surface area contributed by atoms with Crippen LogP contribution in [0, 0.1) is 0 Å². The van der Waals surface area contributed by atoms with Gasteiger partial charge in [-0.15, -0.1) is 0 Å². The number of ether oxygens (including phenoxy) is 1. The lowest BCUT2D eigenvalue weighted by molar-refractivity contribution is 0.189. The third kappa shape index (κ3) is 3.61. The molecule has 20 heavy (non-hydrogen) atoms. The van der Waals surface area contributed by atoms with Crippen LogP contribution in [0.2, 0.25) is 0 Å². The summed E-state index contributed by atoms with van der Waals surface area (Å²) in [5.74, 6) is 0.701. The van der Waals surface area contributed by atoms with Crippen molar-refractivity contribution in [3.8, 4) is 5.75 Å². The van der Waals surface area contributed by atoms with Crippen molar-refractivity contribution in [3.05, 3.63) is 46.5 Å². The van der Waals surface area contributed by atoms with Crippen molar-refractivity contribution in [2.45, 2.75) is 39.5 Å². The van der Waals surface area contributed by atoms with E-state index in [1.54, 1.807) is 6.92 Å². The van der Waals surface area contributed by atoms with Crippen LogP contribution < -0.4 is 4.74 Å². The molecule has 5 heteroatoms. The van der Waals surface area contributed by atoms with E-state index in [0.717, 1.165) is 28.7 Å². The molecular formula is C15H19BrN2O2. The summed E-state index contributed by atoms with van der Waals surface area (Å²) in [5.41, 5.74) is 1.81. The number of nitrogens with zero attached hydrogens (tertiary/aromatic N) is 2. The topological polar surface area (TPSA) is 47.3 Å². The average molecular weight is 339 g/mol. The molecule has 1 aromatic carbocycles. The molecule has 2 aromatic rings. The second-order valence-corrected chi connectivity index (χ2v) is 5.64. The first-order valence-electron chi connectivity index (χ1n) is 6.71. The van der Waals surface area contributed by atoms with E-state index in [1.807, 2.05) is 30.7 Å². The molecule has 2 rings (SSSR count). The van der Waals surface area contributed by atoms with Crippen LogP contribution in [0.5, 0.6) is 5.75 Å². The highest BCUT2D eigenvalue weighted by Crippen LogP contribution is 2.29. The van der Waals surface area contributed by atoms with Gasteiger partial charge in [0.1, 0.15) is 12.4 Å². The van der Waals surface area contributed by atoms with Crippen LogP contribution in [0.15, 0.2) is 35.2 Å². The fraction of sp³-hybridized carbons (Fsp3) is 0.400. The largest absolute Gasteiger partial charge is 0.487 e. The maximum atomic E-state index is 9.81. The lowest BCUT2D eigenvalue weighted by Crippen LogP contribution is -2.06. The lowest BCUT2D eigenvalue weighted by Gasteiger charge is -2.14. The molecule has 1 heterocycles. The van der Waals surface area contributed by atoms with Gasteiger partial charge in [-0.25, -0.2) is 4.98 Å². The maximum absolute atomic E-state index is 9.81. The van der Waals surface area contributed by atoms with E-state index in [-0.39, 0.29) is 0 Å². The van der Waals surface area contributed by atoms with Crippen molar-refractivity contribution in [2.75, 3.05) is 0 Å². The van der Waals surface area contributed by atoms with Gasteiger partial charge >= 0.3 is 0 Å². The number of hydrogen-bond acceptors (Lipinski definition) is 3. The van der Waals surface area contributed by atoms with Crippen LogP contribution in [0.25, 0.3) is 0 Å². The van der Waals surface area contributed by atoms with Gasteiger partial charge in [-0.3, -0.25) is 0 Å². The summed E-state index contributed by atoms with van der Waals surface area (Å²) in [6.45, 7) is 5.24. The van der Waals surface area contributed by atoms with Crippen molar-refractivity contribution < 1.29 is 9.84 Å². The summed E-state index contributed by atoms with van der Waals surface area (Å²) in [7, 11) is 0. The van der Waals surface area contributed by atoms with Gasteiger partial charge in [-0.1, -0.05) is 22.9 Å². The van der Waals surface area contributed by atoms with Gasteiger partial charge in [0, 0.05) is 16.6 Å². The van der Waals surface area contributed by atoms with Crippen LogP contribution >= 0.6 is 15.9 Å². The molecule has 1 aromatic heterocycles. The van der Waals surface area contributed by atoms with Crippen LogP contribution in [0.1, 0.15) is 37.6 Å². The molecule has 0 saturated heterocycles. The Balaban J connectivity index is 2.12. The van der Waals surface area contributed by atoms with Gasteiger partial charge in [0.25, 0.3) is 0 Å². The molecule has 0 aliphatic heterocycles. The first-order valence-corrected chi connectivity index (χ1v) is 7.50. The predicted octanol–water partition coefficient (Wildman–Crippen LogP) is 3.69. The minimum atomic E-state index is -0.567. The predicted molar refractivity (Wildman–Crippen MR) is 81.6 cm³/mol. The molecule has 0 saturated carbocycles. The standard InChI is InChI=1S/C15H19BrN2O2/c1-3-6-18-10-17-8-13(18)9-20-15-5-4-12(16)7-14(15)11(2)19/h4-5,7-8,10-11,19H,3,6,9H2,1-2H3. The molecule has 0 spiro atoms. The van der Waals surface area contributed by atoms with Crippen LogP contribution in [-0.2, 0) is 13.2 Å². The summed E-state index contributed by atoms with van der Waals surface area (Å²) in [4.78, 5) is 4.15. The zero-order valence-electron chi connectivity index (χ0n) is 11.7. The number of aromatic nitrogens is 2. The second-order valence-electron chi connectivity index (χ2n) is 4.73. The van der Waals surface area contributed by atoms with Crippen molar-refractivity contribution in [3.63, 3.8) is 0 Å². The molecule has 0 amide bonds. The van der Waals surface area contributed by atoms with Crippen molar-refractivity contribution in [1.82, 2.24) is 9.55 Å². The van der Waals surface area contributed by atoms with E-state index in [4.69, 9.17) is 4.74 Å². The molecule has 1 atom stereocenters. The second kappa shape index (κ2) is 6.90. The molecule has 0 aliphatic rings. The molecule has 0 bridgehead atoms. The third-order valence-corrected chi connectivity index (χ3v) is 3.55. The fourth-order valence-electron chi connectivity index (χ4n) is 2.04. The normalized spacial score (nSPS) is 12.4. The number of hydrogen-bond donors (Lipinski definition) is 1. The monoisotopic (exact) mass is 338 g/mol. The number of aliphatic hydroxyl groups is 1. The average Bonchev–Trinajstić information content (AvgIpc) is 2.85. The van der Waals surface area contributed by atoms with Crippen LogP contribution in [0.3, 0.4) is 0 Å². The molecule has 108 valence electrons. The lowest BCUT2D eigenvalue weighted by atomic mass is 10.1. The van der Waals surface area contributed by atoms with Gasteiger partial charge in [0.2, 0.25) is 0 Å². The van der Waals surface area contributed by atoms with E-state index < -0.39 is 6.10 Å². The number of halogens is 1. The van der Waals surface area contributed by atoms with E-state index in [0.29, 0.717) is 12.4 Å². The Morgan fingerprint density at radius 3 is 2.95 bits per heavy atom. The molecule has 0 radical (unpaired) electrons. The van der Waals surface area contributed by atoms with Crippen LogP contribution in [0.4, 0.5) is 0 Å². The van der Waals surface area contributed by atoms with Crippen molar-refractivity contribution in [1.29, 1.82) is 0 Å². The summed E-state index contributed by atoms with van der Waals surface area (Å²) >= 11 is 3.41. The Bertz CT molecular complexity index is 567. The minimum Gasteiger partial charge on any atom is -0.487 e. The van der Waals surface area contributed by atoms with Gasteiger partial charge in [-0.2, -0.15) is 0 Å². The fourth-order valence-corrected chi connectivity index (χ4v) is 2.42. The van der Waals surface area contributed by atoms with E-state index in [1.165, 1.54) is 0 Å². The Hall–Kier alpha value is -1.33. The summed E-state index contributed by atoms with van der Waals surface area (Å²) in [6, 6.07) is 5.65. The molecule has 0 aliphatic carbocycles. The quantitative estimate of drug-likeness (QED) is 0.873. The number of imidazole rings is 1. The Kier molecular flexibility index (Phi) is 5.20. The maximum Gasteiger partial charge on any atom is 0.130 e. The summed E-state index contributed by atoms with van der Waals surface area (Å²) in [6.07, 6.45) is 4.12. The number of aliphatic hydroxyl groups excluding tert-OH is 1. The Morgan fingerprint density at radius 2 is 2.25 bits per heavy atom. The SMILES string of the molecule is CCCn1cncc1COc1ccc(Br)cc1C(C)O. The van der Waals surface area contributed by atoms with Gasteiger partial charge in [0.15, 0.2) is 0 Å². The number of rotatable bonds is 6. The zero-order chi connectivity index (χ0) is 14.5.